The molecule has 1 atom stereocenters. The van der Waals surface area contributed by atoms with Gasteiger partial charge in [0.05, 0.1) is 11.1 Å². The lowest BCUT2D eigenvalue weighted by molar-refractivity contribution is -0.134. The fourth-order valence-electron chi connectivity index (χ4n) is 4.88. The standard InChI is InChI=1S/C39H48N2O8/c1-3-5-7-8-9-10-11-12-14-37(49-39(45)30-25-31(40)27-32(41)26-30)48-38(44)29-18-15-28(16-19-29)17-24-36(43)47-34-22-20-33(21-23-34)46-35(42)13-6-4-2/h15-27,37H,3-14,40-41H2,1-2H3. The first-order valence-electron chi connectivity index (χ1n) is 17.1. The van der Waals surface area contributed by atoms with E-state index in [4.69, 9.17) is 30.4 Å². The van der Waals surface area contributed by atoms with Crippen molar-refractivity contribution in [3.8, 4) is 11.5 Å². The molecule has 0 aliphatic carbocycles. The summed E-state index contributed by atoms with van der Waals surface area (Å²) in [5.41, 5.74) is 13.4. The highest BCUT2D eigenvalue weighted by molar-refractivity contribution is 5.93. The molecule has 10 nitrogen and oxygen atoms in total. The molecular weight excluding hydrogens is 624 g/mol. The molecular formula is C39H48N2O8. The van der Waals surface area contributed by atoms with Crippen molar-refractivity contribution < 1.29 is 38.1 Å². The Morgan fingerprint density at radius 3 is 1.76 bits per heavy atom. The fraction of sp³-hybridized carbons (Fsp3) is 0.385. The lowest BCUT2D eigenvalue weighted by Crippen LogP contribution is -2.25. The molecule has 0 aliphatic rings. The van der Waals surface area contributed by atoms with Gasteiger partial charge in [0.15, 0.2) is 0 Å². The zero-order valence-corrected chi connectivity index (χ0v) is 28.5. The van der Waals surface area contributed by atoms with E-state index in [1.165, 1.54) is 50.0 Å². The Morgan fingerprint density at radius 2 is 1.16 bits per heavy atom. The van der Waals surface area contributed by atoms with Gasteiger partial charge in [-0.2, -0.15) is 0 Å². The summed E-state index contributed by atoms with van der Waals surface area (Å²) < 4.78 is 21.8. The average molecular weight is 673 g/mol. The molecule has 3 rings (SSSR count). The molecule has 0 spiro atoms. The molecule has 0 radical (unpaired) electrons. The highest BCUT2D eigenvalue weighted by atomic mass is 16.7. The van der Waals surface area contributed by atoms with Gasteiger partial charge >= 0.3 is 23.9 Å². The van der Waals surface area contributed by atoms with E-state index in [-0.39, 0.29) is 17.1 Å². The smallest absolute Gasteiger partial charge is 0.341 e. The zero-order chi connectivity index (χ0) is 35.4. The summed E-state index contributed by atoms with van der Waals surface area (Å²) in [5, 5.41) is 0. The van der Waals surface area contributed by atoms with Crippen LogP contribution in [0.15, 0.2) is 72.8 Å². The Labute approximate surface area is 288 Å². The molecule has 10 heteroatoms. The molecule has 0 bridgehead atoms. The minimum absolute atomic E-state index is 0.171. The van der Waals surface area contributed by atoms with E-state index in [2.05, 4.69) is 6.92 Å². The van der Waals surface area contributed by atoms with Crippen molar-refractivity contribution in [2.45, 2.75) is 97.2 Å². The second kappa shape index (κ2) is 21.0. The summed E-state index contributed by atoms with van der Waals surface area (Å²) in [5.74, 6) is -1.59. The van der Waals surface area contributed by atoms with Crippen molar-refractivity contribution in [3.05, 3.63) is 89.5 Å². The summed E-state index contributed by atoms with van der Waals surface area (Å²) in [6, 6.07) is 17.1. The molecule has 0 amide bonds. The summed E-state index contributed by atoms with van der Waals surface area (Å²) >= 11 is 0. The van der Waals surface area contributed by atoms with Crippen molar-refractivity contribution in [3.63, 3.8) is 0 Å². The number of hydrogen-bond donors (Lipinski definition) is 2. The van der Waals surface area contributed by atoms with E-state index in [9.17, 15) is 19.2 Å². The number of nitrogens with two attached hydrogens (primary N) is 2. The van der Waals surface area contributed by atoms with Crippen LogP contribution in [0.5, 0.6) is 11.5 Å². The maximum atomic E-state index is 13.1. The molecule has 49 heavy (non-hydrogen) atoms. The van der Waals surface area contributed by atoms with Crippen molar-refractivity contribution in [1.29, 1.82) is 0 Å². The topological polar surface area (TPSA) is 157 Å². The highest BCUT2D eigenvalue weighted by Crippen LogP contribution is 2.21. The number of anilines is 2. The number of carbonyl (C=O) groups excluding carboxylic acids is 4. The molecule has 0 saturated carbocycles. The number of ether oxygens (including phenoxy) is 4. The first-order chi connectivity index (χ1) is 23.7. The molecule has 262 valence electrons. The third-order valence-corrected chi connectivity index (χ3v) is 7.55. The van der Waals surface area contributed by atoms with Gasteiger partial charge in [-0.05, 0) is 79.1 Å². The minimum Gasteiger partial charge on any atom is -0.427 e. The van der Waals surface area contributed by atoms with E-state index in [1.807, 2.05) is 6.92 Å². The number of benzene rings is 3. The number of rotatable bonds is 20. The van der Waals surface area contributed by atoms with Crippen LogP contribution in [-0.4, -0.2) is 30.2 Å². The molecule has 0 aromatic heterocycles. The second-order valence-corrected chi connectivity index (χ2v) is 11.8. The number of nitrogen functional groups attached to an aromatic ring is 2. The lowest BCUT2D eigenvalue weighted by atomic mass is 10.1. The van der Waals surface area contributed by atoms with Crippen molar-refractivity contribution in [2.24, 2.45) is 0 Å². The SMILES string of the molecule is CCCCCCCCCCC(OC(=O)c1ccc(C=CC(=O)Oc2ccc(OC(=O)CCCC)cc2)cc1)OC(=O)c1cc(N)cc(N)c1. The van der Waals surface area contributed by atoms with Gasteiger partial charge in [0.2, 0.25) is 6.29 Å². The molecule has 3 aromatic rings. The largest absolute Gasteiger partial charge is 0.427 e. The van der Waals surface area contributed by atoms with E-state index >= 15 is 0 Å². The van der Waals surface area contributed by atoms with Crippen molar-refractivity contribution in [2.75, 3.05) is 11.5 Å². The van der Waals surface area contributed by atoms with Crippen molar-refractivity contribution >= 4 is 41.3 Å². The average Bonchev–Trinajstić information content (AvgIpc) is 3.08. The third-order valence-electron chi connectivity index (χ3n) is 7.55. The third kappa shape index (κ3) is 14.7. The maximum Gasteiger partial charge on any atom is 0.341 e. The molecule has 1 unspecified atom stereocenters. The zero-order valence-electron chi connectivity index (χ0n) is 28.5. The predicted octanol–water partition coefficient (Wildman–Crippen LogP) is 8.44. The van der Waals surface area contributed by atoms with Gasteiger partial charge in [0, 0.05) is 30.3 Å². The van der Waals surface area contributed by atoms with Gasteiger partial charge in [0.25, 0.3) is 0 Å². The van der Waals surface area contributed by atoms with Crippen LogP contribution in [0.2, 0.25) is 0 Å². The van der Waals surface area contributed by atoms with E-state index in [0.29, 0.717) is 47.7 Å². The monoisotopic (exact) mass is 672 g/mol. The van der Waals surface area contributed by atoms with Crippen LogP contribution in [0, 0.1) is 0 Å². The van der Waals surface area contributed by atoms with Crippen LogP contribution < -0.4 is 20.9 Å². The van der Waals surface area contributed by atoms with Gasteiger partial charge in [-0.15, -0.1) is 0 Å². The molecule has 3 aromatic carbocycles. The molecule has 0 heterocycles. The maximum absolute atomic E-state index is 13.1. The normalized spacial score (nSPS) is 11.6. The van der Waals surface area contributed by atoms with Crippen molar-refractivity contribution in [1.82, 2.24) is 0 Å². The Bertz CT molecular complexity index is 1510. The first-order valence-corrected chi connectivity index (χ1v) is 17.1. The highest BCUT2D eigenvalue weighted by Gasteiger charge is 2.21. The number of hydrogen-bond acceptors (Lipinski definition) is 10. The van der Waals surface area contributed by atoms with Crippen LogP contribution >= 0.6 is 0 Å². The van der Waals surface area contributed by atoms with E-state index in [1.54, 1.807) is 54.6 Å². The number of carbonyl (C=O) groups is 4. The van der Waals surface area contributed by atoms with Crippen LogP contribution in [0.3, 0.4) is 0 Å². The summed E-state index contributed by atoms with van der Waals surface area (Å²) in [6.07, 6.45) is 12.7. The summed E-state index contributed by atoms with van der Waals surface area (Å²) in [6.45, 7) is 4.18. The van der Waals surface area contributed by atoms with Gasteiger partial charge < -0.3 is 30.4 Å². The Hall–Kier alpha value is -5.12. The summed E-state index contributed by atoms with van der Waals surface area (Å²) in [7, 11) is 0. The van der Waals surface area contributed by atoms with E-state index in [0.717, 1.165) is 32.1 Å². The fourth-order valence-corrected chi connectivity index (χ4v) is 4.88. The van der Waals surface area contributed by atoms with Crippen LogP contribution in [0.4, 0.5) is 11.4 Å². The summed E-state index contributed by atoms with van der Waals surface area (Å²) in [4.78, 5) is 50.1. The van der Waals surface area contributed by atoms with Gasteiger partial charge in [-0.3, -0.25) is 4.79 Å². The number of unbranched alkanes of at least 4 members (excludes halogenated alkanes) is 8. The molecule has 4 N–H and O–H groups in total. The first kappa shape index (κ1) is 38.3. The van der Waals surface area contributed by atoms with Gasteiger partial charge in [-0.1, -0.05) is 77.3 Å². The minimum atomic E-state index is -1.10. The predicted molar refractivity (Wildman–Crippen MR) is 190 cm³/mol. The van der Waals surface area contributed by atoms with E-state index < -0.39 is 24.2 Å². The van der Waals surface area contributed by atoms with Crippen LogP contribution in [0.1, 0.15) is 117 Å². The Morgan fingerprint density at radius 1 is 0.633 bits per heavy atom. The quantitative estimate of drug-likeness (QED) is 0.0298. The Balaban J connectivity index is 1.55. The van der Waals surface area contributed by atoms with Crippen LogP contribution in [0.25, 0.3) is 6.08 Å². The molecule has 0 aliphatic heterocycles. The van der Waals surface area contributed by atoms with Gasteiger partial charge in [0.1, 0.15) is 11.5 Å². The second-order valence-electron chi connectivity index (χ2n) is 11.8. The van der Waals surface area contributed by atoms with Crippen LogP contribution in [-0.2, 0) is 19.1 Å². The molecule has 0 saturated heterocycles. The molecule has 0 fully saturated rings. The van der Waals surface area contributed by atoms with Gasteiger partial charge in [-0.25, -0.2) is 14.4 Å². The lowest BCUT2D eigenvalue weighted by Gasteiger charge is -2.19. The Kier molecular flexibility index (Phi) is 16.4. The number of esters is 4.